The largest absolute Gasteiger partial charge is 0.504 e. The van der Waals surface area contributed by atoms with E-state index in [4.69, 9.17) is 14.2 Å². The summed E-state index contributed by atoms with van der Waals surface area (Å²) in [5.41, 5.74) is 0.728. The second-order valence-corrected chi connectivity index (χ2v) is 11.0. The van der Waals surface area contributed by atoms with Gasteiger partial charge >= 0.3 is 11.9 Å². The molecule has 0 amide bonds. The van der Waals surface area contributed by atoms with E-state index < -0.39 is 0 Å². The van der Waals surface area contributed by atoms with Crippen molar-refractivity contribution < 1.29 is 28.9 Å². The lowest BCUT2D eigenvalue weighted by atomic mass is 9.68. The van der Waals surface area contributed by atoms with E-state index in [1.54, 1.807) is 13.2 Å². The van der Waals surface area contributed by atoms with Gasteiger partial charge in [0.2, 0.25) is 0 Å². The Bertz CT molecular complexity index is 860. The minimum Gasteiger partial charge on any atom is -0.504 e. The van der Waals surface area contributed by atoms with E-state index in [1.165, 1.54) is 13.3 Å². The molecule has 1 aliphatic carbocycles. The Morgan fingerprint density at radius 2 is 1.84 bits per heavy atom. The predicted octanol–water partition coefficient (Wildman–Crippen LogP) is 5.71. The Labute approximate surface area is 222 Å². The summed E-state index contributed by atoms with van der Waals surface area (Å²) >= 11 is 0. The van der Waals surface area contributed by atoms with Gasteiger partial charge in [0.1, 0.15) is 12.2 Å². The standard InChI is InChI=1S/C30H47NO6/c1-4-5-7-12-25(36-22(2)32)20-28(37-29(34)24-10-8-6-9-11-24)30(15-17-31-18-16-30)21-23-13-14-26(33)27(19-23)35-3/h13-14,19,24-25,28,31,33H,4-12,15-18,20-21H2,1-3H3. The van der Waals surface area contributed by atoms with Crippen LogP contribution in [0, 0.1) is 11.3 Å². The van der Waals surface area contributed by atoms with E-state index in [9.17, 15) is 14.7 Å². The molecule has 1 saturated carbocycles. The van der Waals surface area contributed by atoms with E-state index in [0.717, 1.165) is 82.9 Å². The molecule has 3 rings (SSSR count). The third-order valence-corrected chi connectivity index (χ3v) is 8.22. The van der Waals surface area contributed by atoms with Gasteiger partial charge in [-0.2, -0.15) is 0 Å². The van der Waals surface area contributed by atoms with Crippen LogP contribution in [0.4, 0.5) is 0 Å². The first kappa shape index (κ1) is 29.3. The lowest BCUT2D eigenvalue weighted by molar-refractivity contribution is -0.169. The highest BCUT2D eigenvalue weighted by atomic mass is 16.6. The second-order valence-electron chi connectivity index (χ2n) is 11.0. The number of benzene rings is 1. The summed E-state index contributed by atoms with van der Waals surface area (Å²) in [5.74, 6) is 0.116. The second kappa shape index (κ2) is 14.6. The summed E-state index contributed by atoms with van der Waals surface area (Å²) < 4.78 is 17.6. The fourth-order valence-corrected chi connectivity index (χ4v) is 6.09. The van der Waals surface area contributed by atoms with Crippen LogP contribution in [0.5, 0.6) is 11.5 Å². The highest BCUT2D eigenvalue weighted by molar-refractivity contribution is 5.72. The fourth-order valence-electron chi connectivity index (χ4n) is 6.09. The summed E-state index contributed by atoms with van der Waals surface area (Å²) in [6, 6.07) is 5.47. The number of hydrogen-bond acceptors (Lipinski definition) is 7. The number of rotatable bonds is 13. The molecule has 0 bridgehead atoms. The molecule has 208 valence electrons. The van der Waals surface area contributed by atoms with Crippen molar-refractivity contribution in [3.8, 4) is 11.5 Å². The number of unbranched alkanes of at least 4 members (excludes halogenated alkanes) is 2. The third-order valence-electron chi connectivity index (χ3n) is 8.22. The molecule has 1 aromatic rings. The topological polar surface area (TPSA) is 94.1 Å². The molecule has 2 atom stereocenters. The molecule has 0 aromatic heterocycles. The molecule has 0 radical (unpaired) electrons. The first-order valence-corrected chi connectivity index (χ1v) is 14.3. The molecule has 2 fully saturated rings. The van der Waals surface area contributed by atoms with Crippen LogP contribution < -0.4 is 10.1 Å². The number of carbonyl (C=O) groups excluding carboxylic acids is 2. The number of ether oxygens (including phenoxy) is 3. The van der Waals surface area contributed by atoms with Crippen LogP contribution in [0.25, 0.3) is 0 Å². The summed E-state index contributed by atoms with van der Waals surface area (Å²) in [4.78, 5) is 25.5. The SMILES string of the molecule is CCCCCC(CC(OC(=O)C1CCCCC1)C1(Cc2ccc(O)c(OC)c2)CCNCC1)OC(C)=O. The average molecular weight is 518 g/mol. The number of methoxy groups -OCH3 is 1. The number of nitrogens with one attached hydrogen (secondary N) is 1. The van der Waals surface area contributed by atoms with Crippen molar-refractivity contribution in [1.82, 2.24) is 5.32 Å². The minimum atomic E-state index is -0.366. The summed E-state index contributed by atoms with van der Waals surface area (Å²) in [6.45, 7) is 5.28. The Hall–Kier alpha value is -2.28. The maximum atomic E-state index is 13.5. The number of carbonyl (C=O) groups is 2. The van der Waals surface area contributed by atoms with Gasteiger partial charge in [-0.25, -0.2) is 0 Å². The molecule has 2 N–H and O–H groups in total. The molecular weight excluding hydrogens is 470 g/mol. The zero-order valence-corrected chi connectivity index (χ0v) is 23.1. The van der Waals surface area contributed by atoms with E-state index in [0.29, 0.717) is 18.6 Å². The van der Waals surface area contributed by atoms with Gasteiger partial charge in [0.15, 0.2) is 11.5 Å². The van der Waals surface area contributed by atoms with Gasteiger partial charge in [-0.15, -0.1) is 0 Å². The molecule has 37 heavy (non-hydrogen) atoms. The molecular formula is C30H47NO6. The third kappa shape index (κ3) is 8.62. The van der Waals surface area contributed by atoms with Gasteiger partial charge in [0.25, 0.3) is 0 Å². The zero-order valence-electron chi connectivity index (χ0n) is 23.1. The van der Waals surface area contributed by atoms with Crippen LogP contribution in [0.15, 0.2) is 18.2 Å². The Morgan fingerprint density at radius 3 is 2.49 bits per heavy atom. The molecule has 2 aliphatic rings. The molecule has 1 saturated heterocycles. The van der Waals surface area contributed by atoms with Crippen LogP contribution >= 0.6 is 0 Å². The van der Waals surface area contributed by atoms with Gasteiger partial charge < -0.3 is 24.6 Å². The van der Waals surface area contributed by atoms with Crippen molar-refractivity contribution in [2.24, 2.45) is 11.3 Å². The van der Waals surface area contributed by atoms with Gasteiger partial charge in [0, 0.05) is 18.8 Å². The van der Waals surface area contributed by atoms with Crippen LogP contribution in [0.3, 0.4) is 0 Å². The van der Waals surface area contributed by atoms with E-state index >= 15 is 0 Å². The molecule has 1 heterocycles. The lowest BCUT2D eigenvalue weighted by Crippen LogP contribution is -2.49. The van der Waals surface area contributed by atoms with E-state index in [1.807, 2.05) is 12.1 Å². The fraction of sp³-hybridized carbons (Fsp3) is 0.733. The van der Waals surface area contributed by atoms with Gasteiger partial charge in [-0.1, -0.05) is 45.1 Å². The van der Waals surface area contributed by atoms with Crippen molar-refractivity contribution in [1.29, 1.82) is 0 Å². The van der Waals surface area contributed by atoms with Crippen molar-refractivity contribution >= 4 is 11.9 Å². The van der Waals surface area contributed by atoms with Crippen molar-refractivity contribution in [2.45, 2.75) is 110 Å². The molecule has 1 aromatic carbocycles. The van der Waals surface area contributed by atoms with Gasteiger partial charge in [-0.05, 0) is 75.7 Å². The normalized spacial score (nSPS) is 19.5. The van der Waals surface area contributed by atoms with Crippen molar-refractivity contribution in [2.75, 3.05) is 20.2 Å². The van der Waals surface area contributed by atoms with Crippen molar-refractivity contribution in [3.05, 3.63) is 23.8 Å². The van der Waals surface area contributed by atoms with E-state index in [2.05, 4.69) is 12.2 Å². The minimum absolute atomic E-state index is 0.0453. The smallest absolute Gasteiger partial charge is 0.309 e. The molecule has 7 heteroatoms. The van der Waals surface area contributed by atoms with Crippen LogP contribution in [-0.2, 0) is 25.5 Å². The first-order chi connectivity index (χ1) is 17.9. The molecule has 2 unspecified atom stereocenters. The van der Waals surface area contributed by atoms with Gasteiger partial charge in [-0.3, -0.25) is 9.59 Å². The summed E-state index contributed by atoms with van der Waals surface area (Å²) in [5, 5.41) is 13.6. The summed E-state index contributed by atoms with van der Waals surface area (Å²) in [6.07, 6.45) is 11.2. The first-order valence-electron chi connectivity index (χ1n) is 14.3. The number of esters is 2. The maximum absolute atomic E-state index is 13.5. The highest BCUT2D eigenvalue weighted by Gasteiger charge is 2.44. The predicted molar refractivity (Wildman–Crippen MR) is 144 cm³/mol. The van der Waals surface area contributed by atoms with E-state index in [-0.39, 0.29) is 41.2 Å². The highest BCUT2D eigenvalue weighted by Crippen LogP contribution is 2.43. The Kier molecular flexibility index (Phi) is 11.6. The number of phenolic OH excluding ortho intramolecular Hbond substituents is 1. The number of piperidine rings is 1. The van der Waals surface area contributed by atoms with Crippen LogP contribution in [-0.4, -0.2) is 49.5 Å². The molecule has 7 nitrogen and oxygen atoms in total. The van der Waals surface area contributed by atoms with Crippen LogP contribution in [0.1, 0.15) is 96.5 Å². The Morgan fingerprint density at radius 1 is 1.11 bits per heavy atom. The number of phenols is 1. The number of hydrogen-bond donors (Lipinski definition) is 2. The average Bonchev–Trinajstić information content (AvgIpc) is 2.90. The van der Waals surface area contributed by atoms with Gasteiger partial charge in [0.05, 0.1) is 13.0 Å². The Balaban J connectivity index is 1.92. The molecule has 0 spiro atoms. The lowest BCUT2D eigenvalue weighted by Gasteiger charge is -2.45. The zero-order chi connectivity index (χ0) is 26.7. The number of aromatic hydroxyl groups is 1. The molecule has 1 aliphatic heterocycles. The summed E-state index contributed by atoms with van der Waals surface area (Å²) in [7, 11) is 1.55. The maximum Gasteiger partial charge on any atom is 0.309 e. The quantitative estimate of drug-likeness (QED) is 0.256. The van der Waals surface area contributed by atoms with Crippen LogP contribution in [0.2, 0.25) is 0 Å². The van der Waals surface area contributed by atoms with Crippen molar-refractivity contribution in [3.63, 3.8) is 0 Å². The monoisotopic (exact) mass is 517 g/mol.